The molecule has 0 radical (unpaired) electrons. The fraction of sp³-hybridized carbons (Fsp3) is 0.467. The van der Waals surface area contributed by atoms with E-state index in [1.54, 1.807) is 0 Å². The van der Waals surface area contributed by atoms with Gasteiger partial charge in [-0.2, -0.15) is 0 Å². The normalized spacial score (nSPS) is 26.2. The molecule has 2 aliphatic rings. The van der Waals surface area contributed by atoms with Crippen molar-refractivity contribution >= 4 is 23.3 Å². The van der Waals surface area contributed by atoms with Crippen LogP contribution in [0.5, 0.6) is 0 Å². The van der Waals surface area contributed by atoms with E-state index in [1.807, 2.05) is 6.21 Å². The molecule has 17 heavy (non-hydrogen) atoms. The predicted molar refractivity (Wildman–Crippen MR) is 73.3 cm³/mol. The van der Waals surface area contributed by atoms with E-state index in [-0.39, 0.29) is 0 Å². The second-order valence-corrected chi connectivity index (χ2v) is 5.32. The Labute approximate surface area is 102 Å². The van der Waals surface area contributed by atoms with Crippen molar-refractivity contribution in [1.29, 1.82) is 0 Å². The SMILES string of the molecule is CC1=Nc2c(ccc3c2N=CCC3C)CC1C. The molecular weight excluding hydrogens is 208 g/mol. The molecule has 2 nitrogen and oxygen atoms in total. The maximum atomic E-state index is 4.78. The van der Waals surface area contributed by atoms with Gasteiger partial charge in [-0.25, -0.2) is 0 Å². The molecule has 0 fully saturated rings. The number of aliphatic imine (C=N–C) groups is 2. The summed E-state index contributed by atoms with van der Waals surface area (Å²) in [6, 6.07) is 4.50. The minimum absolute atomic E-state index is 0.561. The van der Waals surface area contributed by atoms with Gasteiger partial charge in [0, 0.05) is 11.9 Å². The molecule has 0 amide bonds. The molecule has 0 saturated carbocycles. The largest absolute Gasteiger partial charge is 0.259 e. The summed E-state index contributed by atoms with van der Waals surface area (Å²) in [5.41, 5.74) is 6.19. The highest BCUT2D eigenvalue weighted by molar-refractivity contribution is 5.92. The molecule has 0 aromatic heterocycles. The Balaban J connectivity index is 2.21. The van der Waals surface area contributed by atoms with E-state index in [0.29, 0.717) is 11.8 Å². The lowest BCUT2D eigenvalue weighted by molar-refractivity contribution is 0.745. The predicted octanol–water partition coefficient (Wildman–Crippen LogP) is 4.18. The third-order valence-corrected chi connectivity index (χ3v) is 4.00. The van der Waals surface area contributed by atoms with Crippen molar-refractivity contribution in [3.8, 4) is 0 Å². The highest BCUT2D eigenvalue weighted by atomic mass is 14.9. The molecule has 2 unspecified atom stereocenters. The zero-order chi connectivity index (χ0) is 12.0. The Hall–Kier alpha value is -1.44. The Morgan fingerprint density at radius 2 is 1.94 bits per heavy atom. The first-order valence-electron chi connectivity index (χ1n) is 6.40. The van der Waals surface area contributed by atoms with E-state index >= 15 is 0 Å². The molecule has 0 N–H and O–H groups in total. The number of hydrogen-bond donors (Lipinski definition) is 0. The minimum atomic E-state index is 0.561. The molecule has 1 aromatic rings. The summed E-state index contributed by atoms with van der Waals surface area (Å²) in [7, 11) is 0. The zero-order valence-electron chi connectivity index (χ0n) is 10.7. The van der Waals surface area contributed by atoms with Gasteiger partial charge in [-0.05, 0) is 42.7 Å². The maximum absolute atomic E-state index is 4.78. The Kier molecular flexibility index (Phi) is 2.39. The molecule has 0 bridgehead atoms. The van der Waals surface area contributed by atoms with Crippen molar-refractivity contribution in [1.82, 2.24) is 0 Å². The van der Waals surface area contributed by atoms with Gasteiger partial charge in [0.25, 0.3) is 0 Å². The Morgan fingerprint density at radius 1 is 1.12 bits per heavy atom. The summed E-state index contributed by atoms with van der Waals surface area (Å²) in [6.07, 6.45) is 4.18. The van der Waals surface area contributed by atoms with Crippen molar-refractivity contribution in [3.63, 3.8) is 0 Å². The average Bonchev–Trinajstić information content (AvgIpc) is 2.31. The lowest BCUT2D eigenvalue weighted by Crippen LogP contribution is -2.15. The highest BCUT2D eigenvalue weighted by Crippen LogP contribution is 2.44. The Morgan fingerprint density at radius 3 is 2.76 bits per heavy atom. The molecule has 0 spiro atoms. The van der Waals surface area contributed by atoms with Gasteiger partial charge >= 0.3 is 0 Å². The first kappa shape index (κ1) is 10.7. The third kappa shape index (κ3) is 1.63. The summed E-state index contributed by atoms with van der Waals surface area (Å²) in [5, 5.41) is 0. The zero-order valence-corrected chi connectivity index (χ0v) is 10.7. The lowest BCUT2D eigenvalue weighted by atomic mass is 9.87. The molecule has 2 heterocycles. The molecule has 3 rings (SSSR count). The van der Waals surface area contributed by atoms with Gasteiger partial charge in [-0.3, -0.25) is 9.98 Å². The molecule has 2 heteroatoms. The van der Waals surface area contributed by atoms with Crippen LogP contribution in [0.15, 0.2) is 22.1 Å². The fourth-order valence-corrected chi connectivity index (χ4v) is 2.65. The topological polar surface area (TPSA) is 24.7 Å². The van der Waals surface area contributed by atoms with Gasteiger partial charge in [0.1, 0.15) is 0 Å². The quantitative estimate of drug-likeness (QED) is 0.634. The average molecular weight is 226 g/mol. The van der Waals surface area contributed by atoms with E-state index in [9.17, 15) is 0 Å². The number of rotatable bonds is 0. The molecule has 0 saturated heterocycles. The summed E-state index contributed by atoms with van der Waals surface area (Å²) in [6.45, 7) is 6.63. The van der Waals surface area contributed by atoms with Crippen molar-refractivity contribution < 1.29 is 0 Å². The maximum Gasteiger partial charge on any atom is 0.0920 e. The number of hydrogen-bond acceptors (Lipinski definition) is 2. The van der Waals surface area contributed by atoms with Crippen molar-refractivity contribution in [2.75, 3.05) is 0 Å². The second-order valence-electron chi connectivity index (χ2n) is 5.32. The minimum Gasteiger partial charge on any atom is -0.259 e. The molecule has 88 valence electrons. The van der Waals surface area contributed by atoms with Crippen LogP contribution in [0.2, 0.25) is 0 Å². The monoisotopic (exact) mass is 226 g/mol. The summed E-state index contributed by atoms with van der Waals surface area (Å²) in [4.78, 5) is 9.36. The molecule has 1 aromatic carbocycles. The van der Waals surface area contributed by atoms with Gasteiger partial charge in [0.15, 0.2) is 0 Å². The van der Waals surface area contributed by atoms with Crippen LogP contribution in [0.1, 0.15) is 44.2 Å². The summed E-state index contributed by atoms with van der Waals surface area (Å²) >= 11 is 0. The first-order valence-corrected chi connectivity index (χ1v) is 6.40. The van der Waals surface area contributed by atoms with E-state index in [4.69, 9.17) is 4.99 Å². The molecule has 0 aliphatic carbocycles. The van der Waals surface area contributed by atoms with Crippen LogP contribution in [0.3, 0.4) is 0 Å². The number of fused-ring (bicyclic) bond motifs is 3. The van der Waals surface area contributed by atoms with Crippen LogP contribution in [0.4, 0.5) is 11.4 Å². The van der Waals surface area contributed by atoms with Crippen LogP contribution >= 0.6 is 0 Å². The van der Waals surface area contributed by atoms with Gasteiger partial charge in [0.2, 0.25) is 0 Å². The van der Waals surface area contributed by atoms with Gasteiger partial charge in [0.05, 0.1) is 11.4 Å². The first-order chi connectivity index (χ1) is 8.16. The van der Waals surface area contributed by atoms with Crippen LogP contribution in [0.25, 0.3) is 0 Å². The lowest BCUT2D eigenvalue weighted by Gasteiger charge is -2.25. The van der Waals surface area contributed by atoms with Crippen LogP contribution < -0.4 is 0 Å². The van der Waals surface area contributed by atoms with Crippen molar-refractivity contribution in [2.45, 2.75) is 39.5 Å². The van der Waals surface area contributed by atoms with Gasteiger partial charge in [-0.15, -0.1) is 0 Å². The summed E-state index contributed by atoms with van der Waals surface area (Å²) in [5.74, 6) is 1.13. The smallest absolute Gasteiger partial charge is 0.0920 e. The summed E-state index contributed by atoms with van der Waals surface area (Å²) < 4.78 is 0. The van der Waals surface area contributed by atoms with Gasteiger partial charge < -0.3 is 0 Å². The van der Waals surface area contributed by atoms with E-state index < -0.39 is 0 Å². The molecule has 2 aliphatic heterocycles. The van der Waals surface area contributed by atoms with E-state index in [1.165, 1.54) is 16.8 Å². The van der Waals surface area contributed by atoms with Crippen LogP contribution in [-0.2, 0) is 6.42 Å². The number of nitrogens with zero attached hydrogens (tertiary/aromatic N) is 2. The number of benzene rings is 1. The molecule has 2 atom stereocenters. The highest BCUT2D eigenvalue weighted by Gasteiger charge is 2.23. The van der Waals surface area contributed by atoms with E-state index in [0.717, 1.165) is 24.2 Å². The Bertz CT molecular complexity index is 526. The molecular formula is C15H18N2. The van der Waals surface area contributed by atoms with Crippen LogP contribution in [0, 0.1) is 5.92 Å². The van der Waals surface area contributed by atoms with Gasteiger partial charge in [-0.1, -0.05) is 26.0 Å². The fourth-order valence-electron chi connectivity index (χ4n) is 2.65. The van der Waals surface area contributed by atoms with Crippen molar-refractivity contribution in [3.05, 3.63) is 23.3 Å². The standard InChI is InChI=1S/C15H18N2/c1-9-6-7-16-15-13(9)5-4-12-8-10(2)11(3)17-14(12)15/h4-5,7,9-10H,6,8H2,1-3H3. The van der Waals surface area contributed by atoms with E-state index in [2.05, 4.69) is 37.9 Å². The van der Waals surface area contributed by atoms with Crippen molar-refractivity contribution in [2.24, 2.45) is 15.9 Å². The second kappa shape index (κ2) is 3.80. The van der Waals surface area contributed by atoms with Crippen LogP contribution in [-0.4, -0.2) is 11.9 Å². The third-order valence-electron chi connectivity index (χ3n) is 4.00.